The Labute approximate surface area is 190 Å². The van der Waals surface area contributed by atoms with E-state index in [1.807, 2.05) is 62.4 Å². The minimum absolute atomic E-state index is 0.141. The fourth-order valence-corrected chi connectivity index (χ4v) is 7.61. The van der Waals surface area contributed by atoms with Crippen molar-refractivity contribution in [3.8, 4) is 0 Å². The Morgan fingerprint density at radius 3 is 2.00 bits per heavy atom. The molecule has 2 aromatic carbocycles. The highest BCUT2D eigenvalue weighted by Gasteiger charge is 2.40. The van der Waals surface area contributed by atoms with Gasteiger partial charge in [0.15, 0.2) is 0 Å². The van der Waals surface area contributed by atoms with Gasteiger partial charge < -0.3 is 10.5 Å². The molecule has 8 heteroatoms. The molecule has 0 aliphatic carbocycles. The normalized spacial score (nSPS) is 13.1. The van der Waals surface area contributed by atoms with Gasteiger partial charge in [-0.25, -0.2) is 0 Å². The molecule has 0 aliphatic rings. The molecule has 0 heterocycles. The molecule has 1 atom stereocenters. The van der Waals surface area contributed by atoms with Crippen LogP contribution in [0.25, 0.3) is 0 Å². The van der Waals surface area contributed by atoms with Gasteiger partial charge in [-0.05, 0) is 38.1 Å². The smallest absolute Gasteiger partial charge is 0.230 e. The lowest BCUT2D eigenvalue weighted by molar-refractivity contribution is -0.123. The molecule has 1 amide bonds. The molecule has 0 aliphatic heterocycles. The molecule has 0 spiro atoms. The lowest BCUT2D eigenvalue weighted by Gasteiger charge is -2.32. The molecule has 0 fully saturated rings. The van der Waals surface area contributed by atoms with Crippen molar-refractivity contribution in [1.82, 2.24) is 5.32 Å². The van der Waals surface area contributed by atoms with Crippen LogP contribution in [-0.4, -0.2) is 38.1 Å². The second kappa shape index (κ2) is 12.5. The molecule has 1 unspecified atom stereocenters. The molecule has 29 heavy (non-hydrogen) atoms. The predicted octanol–water partition coefficient (Wildman–Crippen LogP) is 5.88. The standard InChI is InChI=1S/C21H26N2O2S4/c1-21(2,29-15-27-17-12-8-5-9-13-17)18(19(24)22-3)20(23-25)28-14-26-16-10-6-4-7-11-16/h4-13,18,25H,14-15H2,1-3H3,(H,22,24)/b23-20-. The van der Waals surface area contributed by atoms with Gasteiger partial charge in [-0.15, -0.1) is 35.3 Å². The minimum Gasteiger partial charge on any atom is -0.410 e. The summed E-state index contributed by atoms with van der Waals surface area (Å²) in [6.07, 6.45) is 0. The molecule has 2 rings (SSSR count). The van der Waals surface area contributed by atoms with Gasteiger partial charge in [0.05, 0.1) is 0 Å². The van der Waals surface area contributed by atoms with Crippen LogP contribution in [0.3, 0.4) is 0 Å². The maximum absolute atomic E-state index is 12.7. The van der Waals surface area contributed by atoms with E-state index in [4.69, 9.17) is 0 Å². The summed E-state index contributed by atoms with van der Waals surface area (Å²) in [5.41, 5.74) is 0. The van der Waals surface area contributed by atoms with Gasteiger partial charge in [-0.3, -0.25) is 4.79 Å². The van der Waals surface area contributed by atoms with E-state index < -0.39 is 10.7 Å². The number of thioether (sulfide) groups is 4. The number of carbonyl (C=O) groups excluding carboxylic acids is 1. The number of hydrogen-bond donors (Lipinski definition) is 2. The van der Waals surface area contributed by atoms with E-state index in [9.17, 15) is 10.0 Å². The van der Waals surface area contributed by atoms with Crippen molar-refractivity contribution in [2.75, 3.05) is 17.2 Å². The average molecular weight is 467 g/mol. The van der Waals surface area contributed by atoms with Crippen LogP contribution in [0.15, 0.2) is 75.6 Å². The molecule has 2 N–H and O–H groups in total. The Balaban J connectivity index is 2.01. The van der Waals surface area contributed by atoms with Crippen LogP contribution in [0, 0.1) is 5.92 Å². The van der Waals surface area contributed by atoms with Crippen LogP contribution in [-0.2, 0) is 4.79 Å². The van der Waals surface area contributed by atoms with Gasteiger partial charge >= 0.3 is 0 Å². The Hall–Kier alpha value is -1.22. The van der Waals surface area contributed by atoms with Crippen LogP contribution in [0.4, 0.5) is 0 Å². The second-order valence-electron chi connectivity index (χ2n) is 6.53. The Kier molecular flexibility index (Phi) is 10.3. The fraction of sp³-hybridized carbons (Fsp3) is 0.333. The highest BCUT2D eigenvalue weighted by molar-refractivity contribution is 8.24. The van der Waals surface area contributed by atoms with Crippen molar-refractivity contribution in [3.63, 3.8) is 0 Å². The van der Waals surface area contributed by atoms with Crippen molar-refractivity contribution < 1.29 is 10.0 Å². The van der Waals surface area contributed by atoms with Gasteiger partial charge in [0.2, 0.25) is 5.91 Å². The fourth-order valence-electron chi connectivity index (χ4n) is 2.56. The summed E-state index contributed by atoms with van der Waals surface area (Å²) >= 11 is 6.49. The number of oxime groups is 1. The molecular weight excluding hydrogens is 441 g/mol. The van der Waals surface area contributed by atoms with E-state index in [0.29, 0.717) is 10.1 Å². The zero-order chi connectivity index (χ0) is 21.1. The van der Waals surface area contributed by atoms with Crippen LogP contribution in [0.1, 0.15) is 13.8 Å². The summed E-state index contributed by atoms with van der Waals surface area (Å²) < 4.78 is -0.437. The molecule has 0 radical (unpaired) electrons. The number of benzene rings is 2. The summed E-state index contributed by atoms with van der Waals surface area (Å²) in [5, 5.41) is 17.8. The lowest BCUT2D eigenvalue weighted by Crippen LogP contribution is -2.44. The third-order valence-electron chi connectivity index (χ3n) is 4.12. The number of nitrogens with zero attached hydrogens (tertiary/aromatic N) is 1. The first-order valence-electron chi connectivity index (χ1n) is 9.04. The zero-order valence-corrected chi connectivity index (χ0v) is 20.0. The number of amides is 1. The van der Waals surface area contributed by atoms with Gasteiger partial charge in [-0.1, -0.05) is 53.3 Å². The Morgan fingerprint density at radius 1 is 1.00 bits per heavy atom. The average Bonchev–Trinajstić information content (AvgIpc) is 2.74. The Morgan fingerprint density at radius 2 is 1.52 bits per heavy atom. The van der Waals surface area contributed by atoms with Gasteiger partial charge in [0.1, 0.15) is 11.0 Å². The largest absolute Gasteiger partial charge is 0.410 e. The molecule has 2 aromatic rings. The summed E-state index contributed by atoms with van der Waals surface area (Å²) in [6.45, 7) is 4.05. The van der Waals surface area contributed by atoms with Crippen molar-refractivity contribution in [3.05, 3.63) is 60.7 Å². The maximum Gasteiger partial charge on any atom is 0.230 e. The van der Waals surface area contributed by atoms with Gasteiger partial charge in [0.25, 0.3) is 0 Å². The summed E-state index contributed by atoms with van der Waals surface area (Å²) in [5.74, 6) is -0.683. The van der Waals surface area contributed by atoms with Crippen molar-refractivity contribution in [2.45, 2.75) is 28.4 Å². The topological polar surface area (TPSA) is 61.7 Å². The van der Waals surface area contributed by atoms with E-state index in [0.717, 1.165) is 9.98 Å². The Bertz CT molecular complexity index is 786. The van der Waals surface area contributed by atoms with Crippen LogP contribution >= 0.6 is 47.0 Å². The van der Waals surface area contributed by atoms with Crippen molar-refractivity contribution in [2.24, 2.45) is 11.1 Å². The number of hydrogen-bond acceptors (Lipinski definition) is 7. The van der Waals surface area contributed by atoms with E-state index in [2.05, 4.69) is 22.6 Å². The van der Waals surface area contributed by atoms with Gasteiger partial charge in [-0.2, -0.15) is 0 Å². The van der Waals surface area contributed by atoms with Crippen LogP contribution in [0.5, 0.6) is 0 Å². The molecular formula is C21H26N2O2S4. The lowest BCUT2D eigenvalue weighted by atomic mass is 9.95. The summed E-state index contributed by atoms with van der Waals surface area (Å²) in [6, 6.07) is 20.2. The molecule has 156 valence electrons. The minimum atomic E-state index is -0.541. The molecule has 0 bridgehead atoms. The highest BCUT2D eigenvalue weighted by atomic mass is 32.2. The molecule has 0 aromatic heterocycles. The summed E-state index contributed by atoms with van der Waals surface area (Å²) in [7, 11) is 1.62. The van der Waals surface area contributed by atoms with Crippen molar-refractivity contribution in [1.29, 1.82) is 0 Å². The summed E-state index contributed by atoms with van der Waals surface area (Å²) in [4.78, 5) is 15.0. The first-order valence-corrected chi connectivity index (χ1v) is 13.0. The molecule has 0 saturated heterocycles. The second-order valence-corrected chi connectivity index (χ2v) is 12.0. The quantitative estimate of drug-likeness (QED) is 0.114. The number of carbonyl (C=O) groups is 1. The van der Waals surface area contributed by atoms with Gasteiger partial charge in [0, 0.05) is 31.8 Å². The van der Waals surface area contributed by atoms with Crippen LogP contribution < -0.4 is 5.32 Å². The molecule has 4 nitrogen and oxygen atoms in total. The zero-order valence-electron chi connectivity index (χ0n) is 16.7. The van der Waals surface area contributed by atoms with E-state index in [1.54, 1.807) is 42.3 Å². The third kappa shape index (κ3) is 7.85. The van der Waals surface area contributed by atoms with E-state index in [-0.39, 0.29) is 5.91 Å². The van der Waals surface area contributed by atoms with E-state index in [1.165, 1.54) is 16.7 Å². The highest BCUT2D eigenvalue weighted by Crippen LogP contribution is 2.40. The SMILES string of the molecule is CNC(=O)C(/C(=N/O)SCSc1ccccc1)C(C)(C)SCSc1ccccc1. The first kappa shape index (κ1) is 24.1. The maximum atomic E-state index is 12.7. The third-order valence-corrected chi connectivity index (χ3v) is 8.81. The van der Waals surface area contributed by atoms with Crippen molar-refractivity contribution >= 4 is 58.0 Å². The monoisotopic (exact) mass is 466 g/mol. The van der Waals surface area contributed by atoms with Crippen LogP contribution in [0.2, 0.25) is 0 Å². The predicted molar refractivity (Wildman–Crippen MR) is 130 cm³/mol. The number of rotatable bonds is 10. The number of nitrogens with one attached hydrogen (secondary N) is 1. The van der Waals surface area contributed by atoms with E-state index >= 15 is 0 Å². The first-order chi connectivity index (χ1) is 14.0. The molecule has 0 saturated carbocycles.